The number of pyridine rings is 1. The zero-order valence-electron chi connectivity index (χ0n) is 9.45. The highest BCUT2D eigenvalue weighted by molar-refractivity contribution is 7.22. The Morgan fingerprint density at radius 3 is 2.78 bits per heavy atom. The molecule has 0 aliphatic heterocycles. The van der Waals surface area contributed by atoms with Crippen LogP contribution >= 0.6 is 11.3 Å². The third kappa shape index (κ3) is 2.36. The van der Waals surface area contributed by atoms with Gasteiger partial charge >= 0.3 is 0 Å². The van der Waals surface area contributed by atoms with Crippen molar-refractivity contribution < 1.29 is 0 Å². The van der Waals surface area contributed by atoms with Crippen LogP contribution in [0.25, 0.3) is 10.2 Å². The maximum Gasteiger partial charge on any atom is 0.204 e. The van der Waals surface area contributed by atoms with Gasteiger partial charge in [0.2, 0.25) is 5.13 Å². The highest BCUT2D eigenvalue weighted by Gasteiger charge is 2.00. The van der Waals surface area contributed by atoms with Crippen molar-refractivity contribution in [2.75, 3.05) is 5.43 Å². The lowest BCUT2D eigenvalue weighted by atomic mass is 10.3. The van der Waals surface area contributed by atoms with Crippen LogP contribution in [0, 0.1) is 0 Å². The molecule has 0 unspecified atom stereocenters. The summed E-state index contributed by atoms with van der Waals surface area (Å²) in [4.78, 5) is 8.37. The van der Waals surface area contributed by atoms with E-state index in [0.29, 0.717) is 0 Å². The van der Waals surface area contributed by atoms with E-state index in [1.807, 2.05) is 36.4 Å². The SMILES string of the molecule is C(=N\Nc1nc2ccccc2s1)/c1ccncc1. The summed E-state index contributed by atoms with van der Waals surface area (Å²) in [7, 11) is 0. The lowest BCUT2D eigenvalue weighted by molar-refractivity contribution is 1.30. The van der Waals surface area contributed by atoms with Crippen LogP contribution in [0.2, 0.25) is 0 Å². The maximum atomic E-state index is 4.43. The number of rotatable bonds is 3. The Morgan fingerprint density at radius 1 is 1.11 bits per heavy atom. The molecule has 0 saturated heterocycles. The summed E-state index contributed by atoms with van der Waals surface area (Å²) in [5.41, 5.74) is 4.93. The average Bonchev–Trinajstić information content (AvgIpc) is 2.82. The first-order valence-corrected chi connectivity index (χ1v) is 6.28. The number of hydrogen-bond acceptors (Lipinski definition) is 5. The fourth-order valence-electron chi connectivity index (χ4n) is 1.53. The van der Waals surface area contributed by atoms with Crippen molar-refractivity contribution in [3.63, 3.8) is 0 Å². The molecule has 4 nitrogen and oxygen atoms in total. The normalized spacial score (nSPS) is 11.1. The van der Waals surface area contributed by atoms with Crippen LogP contribution in [0.1, 0.15) is 5.56 Å². The van der Waals surface area contributed by atoms with E-state index in [4.69, 9.17) is 0 Å². The van der Waals surface area contributed by atoms with Gasteiger partial charge in [-0.3, -0.25) is 10.4 Å². The number of fused-ring (bicyclic) bond motifs is 1. The van der Waals surface area contributed by atoms with Crippen molar-refractivity contribution in [2.45, 2.75) is 0 Å². The third-order valence-electron chi connectivity index (χ3n) is 2.37. The smallest absolute Gasteiger partial charge is 0.204 e. The van der Waals surface area contributed by atoms with E-state index in [9.17, 15) is 0 Å². The van der Waals surface area contributed by atoms with E-state index >= 15 is 0 Å². The van der Waals surface area contributed by atoms with Gasteiger partial charge in [-0.15, -0.1) is 0 Å². The molecule has 18 heavy (non-hydrogen) atoms. The molecular weight excluding hydrogens is 244 g/mol. The van der Waals surface area contributed by atoms with Gasteiger partial charge < -0.3 is 0 Å². The molecule has 5 heteroatoms. The van der Waals surface area contributed by atoms with Gasteiger partial charge in [0.25, 0.3) is 0 Å². The van der Waals surface area contributed by atoms with Gasteiger partial charge in [0.1, 0.15) is 0 Å². The van der Waals surface area contributed by atoms with E-state index < -0.39 is 0 Å². The molecule has 1 N–H and O–H groups in total. The second-order valence-electron chi connectivity index (χ2n) is 3.64. The fraction of sp³-hybridized carbons (Fsp3) is 0. The van der Waals surface area contributed by atoms with Crippen LogP contribution in [0.5, 0.6) is 0 Å². The minimum absolute atomic E-state index is 0.793. The first kappa shape index (κ1) is 10.9. The number of hydrazone groups is 1. The number of nitrogens with zero attached hydrogens (tertiary/aromatic N) is 3. The predicted octanol–water partition coefficient (Wildman–Crippen LogP) is 3.14. The number of anilines is 1. The molecule has 0 spiro atoms. The van der Waals surface area contributed by atoms with E-state index in [1.165, 1.54) is 0 Å². The number of benzene rings is 1. The summed E-state index contributed by atoms with van der Waals surface area (Å²) in [6.45, 7) is 0. The van der Waals surface area contributed by atoms with Gasteiger partial charge in [0.05, 0.1) is 16.4 Å². The minimum Gasteiger partial charge on any atom is -0.265 e. The second kappa shape index (κ2) is 4.93. The van der Waals surface area contributed by atoms with Crippen LogP contribution < -0.4 is 5.43 Å². The number of nitrogens with one attached hydrogen (secondary N) is 1. The first-order chi connectivity index (χ1) is 8.92. The molecule has 0 aliphatic rings. The molecule has 1 aromatic carbocycles. The van der Waals surface area contributed by atoms with Crippen molar-refractivity contribution in [1.82, 2.24) is 9.97 Å². The predicted molar refractivity (Wildman–Crippen MR) is 75.1 cm³/mol. The summed E-state index contributed by atoms with van der Waals surface area (Å²) >= 11 is 1.58. The van der Waals surface area contributed by atoms with Crippen molar-refractivity contribution in [3.05, 3.63) is 54.4 Å². The van der Waals surface area contributed by atoms with Gasteiger partial charge in [0.15, 0.2) is 0 Å². The van der Waals surface area contributed by atoms with Gasteiger partial charge in [-0.2, -0.15) is 5.10 Å². The van der Waals surface area contributed by atoms with Gasteiger partial charge in [-0.05, 0) is 29.8 Å². The molecule has 88 valence electrons. The van der Waals surface area contributed by atoms with Crippen LogP contribution in [-0.2, 0) is 0 Å². The first-order valence-electron chi connectivity index (χ1n) is 5.46. The Labute approximate surface area is 108 Å². The molecule has 2 heterocycles. The lowest BCUT2D eigenvalue weighted by Crippen LogP contribution is -1.89. The molecule has 0 bridgehead atoms. The Balaban J connectivity index is 1.75. The molecule has 0 radical (unpaired) electrons. The largest absolute Gasteiger partial charge is 0.265 e. The Bertz CT molecular complexity index is 643. The third-order valence-corrected chi connectivity index (χ3v) is 3.31. The van der Waals surface area contributed by atoms with Crippen LogP contribution in [0.3, 0.4) is 0 Å². The Hall–Kier alpha value is -2.27. The van der Waals surface area contributed by atoms with Gasteiger partial charge in [-0.1, -0.05) is 23.5 Å². The van der Waals surface area contributed by atoms with Crippen molar-refractivity contribution in [1.29, 1.82) is 0 Å². The number of thiazole rings is 1. The summed E-state index contributed by atoms with van der Waals surface area (Å²) in [5, 5.41) is 4.95. The zero-order chi connectivity index (χ0) is 12.2. The topological polar surface area (TPSA) is 50.2 Å². The average molecular weight is 254 g/mol. The molecule has 2 aromatic heterocycles. The molecule has 0 amide bonds. The van der Waals surface area contributed by atoms with E-state index in [2.05, 4.69) is 20.5 Å². The van der Waals surface area contributed by atoms with Crippen LogP contribution in [0.15, 0.2) is 53.9 Å². The van der Waals surface area contributed by atoms with E-state index in [0.717, 1.165) is 20.9 Å². The summed E-state index contributed by atoms with van der Waals surface area (Å²) in [5.74, 6) is 0. The number of hydrogen-bond donors (Lipinski definition) is 1. The van der Waals surface area contributed by atoms with Gasteiger partial charge in [-0.25, -0.2) is 4.98 Å². The Kier molecular flexibility index (Phi) is 2.97. The fourth-order valence-corrected chi connectivity index (χ4v) is 2.35. The minimum atomic E-state index is 0.793. The van der Waals surface area contributed by atoms with Crippen LogP contribution in [-0.4, -0.2) is 16.2 Å². The monoisotopic (exact) mass is 254 g/mol. The quantitative estimate of drug-likeness (QED) is 0.577. The highest BCUT2D eigenvalue weighted by Crippen LogP contribution is 2.25. The molecule has 0 aliphatic carbocycles. The molecular formula is C13H10N4S. The van der Waals surface area contributed by atoms with E-state index in [-0.39, 0.29) is 0 Å². The molecule has 0 fully saturated rings. The Morgan fingerprint density at radius 2 is 1.94 bits per heavy atom. The number of aromatic nitrogens is 2. The molecule has 3 rings (SSSR count). The summed E-state index contributed by atoms with van der Waals surface area (Å²) in [6, 6.07) is 11.8. The second-order valence-corrected chi connectivity index (χ2v) is 4.67. The summed E-state index contributed by atoms with van der Waals surface area (Å²) < 4.78 is 1.15. The zero-order valence-corrected chi connectivity index (χ0v) is 10.3. The van der Waals surface area contributed by atoms with Crippen molar-refractivity contribution in [2.24, 2.45) is 5.10 Å². The molecule has 0 atom stereocenters. The molecule has 0 saturated carbocycles. The van der Waals surface area contributed by atoms with Crippen LogP contribution in [0.4, 0.5) is 5.13 Å². The maximum absolute atomic E-state index is 4.43. The molecule has 3 aromatic rings. The standard InChI is InChI=1S/C13H10N4S/c1-2-4-12-11(3-1)16-13(18-12)17-15-9-10-5-7-14-8-6-10/h1-9H,(H,16,17)/b15-9+. The highest BCUT2D eigenvalue weighted by atomic mass is 32.1. The number of para-hydroxylation sites is 1. The van der Waals surface area contributed by atoms with E-state index in [1.54, 1.807) is 29.9 Å². The summed E-state index contributed by atoms with van der Waals surface area (Å²) in [6.07, 6.45) is 5.21. The van der Waals surface area contributed by atoms with Crippen molar-refractivity contribution in [3.8, 4) is 0 Å². The van der Waals surface area contributed by atoms with Gasteiger partial charge in [0, 0.05) is 12.4 Å². The van der Waals surface area contributed by atoms with Crippen molar-refractivity contribution >= 4 is 32.9 Å². The lowest BCUT2D eigenvalue weighted by Gasteiger charge is -1.92.